The summed E-state index contributed by atoms with van der Waals surface area (Å²) in [7, 11) is 0. The number of nitrogens with one attached hydrogen (secondary N) is 1. The highest BCUT2D eigenvalue weighted by Gasteiger charge is 2.14. The minimum Gasteiger partial charge on any atom is -0.391 e. The lowest BCUT2D eigenvalue weighted by Crippen LogP contribution is -2.29. The molecule has 3 heterocycles. The topological polar surface area (TPSA) is 106 Å². The Hall–Kier alpha value is -2.52. The molecule has 0 saturated heterocycles. The molecule has 138 valence electrons. The van der Waals surface area contributed by atoms with E-state index in [4.69, 9.17) is 0 Å². The number of aliphatic hydroxyl groups is 1. The number of rotatable bonds is 8. The second-order valence-electron chi connectivity index (χ2n) is 6.00. The van der Waals surface area contributed by atoms with Crippen LogP contribution in [0.4, 0.5) is 0 Å². The highest BCUT2D eigenvalue weighted by Crippen LogP contribution is 2.14. The third-order valence-corrected chi connectivity index (χ3v) is 4.91. The summed E-state index contributed by atoms with van der Waals surface area (Å²) in [5, 5.41) is 16.5. The molecule has 1 atom stereocenters. The number of thiophene rings is 1. The zero-order valence-electron chi connectivity index (χ0n) is 14.5. The lowest BCUT2D eigenvalue weighted by Gasteiger charge is -2.10. The molecule has 3 rings (SSSR count). The summed E-state index contributed by atoms with van der Waals surface area (Å²) in [4.78, 5) is 31.0. The van der Waals surface area contributed by atoms with Crippen LogP contribution in [-0.4, -0.2) is 35.5 Å². The Morgan fingerprint density at radius 2 is 2.19 bits per heavy atom. The highest BCUT2D eigenvalue weighted by molar-refractivity contribution is 7.09. The minimum absolute atomic E-state index is 0.365. The van der Waals surface area contributed by atoms with E-state index in [2.05, 4.69) is 15.1 Å². The molecule has 2 N–H and O–H groups in total. The van der Waals surface area contributed by atoms with Gasteiger partial charge in [-0.3, -0.25) is 9.78 Å². The summed E-state index contributed by atoms with van der Waals surface area (Å²) in [6.07, 6.45) is 2.70. The van der Waals surface area contributed by atoms with E-state index in [9.17, 15) is 14.7 Å². The van der Waals surface area contributed by atoms with E-state index >= 15 is 0 Å². The van der Waals surface area contributed by atoms with Crippen molar-refractivity contribution in [2.45, 2.75) is 45.4 Å². The summed E-state index contributed by atoms with van der Waals surface area (Å²) < 4.78 is 3.14. The van der Waals surface area contributed by atoms with Gasteiger partial charge in [-0.2, -0.15) is 5.10 Å². The number of aromatic nitrogens is 5. The predicted octanol–water partition coefficient (Wildman–Crippen LogP) is 0.794. The van der Waals surface area contributed by atoms with Crippen LogP contribution in [0.1, 0.15) is 29.9 Å². The maximum Gasteiger partial charge on any atom is 0.328 e. The van der Waals surface area contributed by atoms with Crippen LogP contribution in [-0.2, 0) is 25.9 Å². The second-order valence-corrected chi connectivity index (χ2v) is 7.03. The van der Waals surface area contributed by atoms with Crippen molar-refractivity contribution in [2.24, 2.45) is 0 Å². The number of aromatic amines is 1. The molecule has 0 aliphatic carbocycles. The molecule has 3 aromatic heterocycles. The lowest BCUT2D eigenvalue weighted by atomic mass is 10.3. The van der Waals surface area contributed by atoms with Gasteiger partial charge in [-0.1, -0.05) is 13.0 Å². The summed E-state index contributed by atoms with van der Waals surface area (Å²) >= 11 is 1.65. The van der Waals surface area contributed by atoms with Gasteiger partial charge in [-0.25, -0.2) is 14.5 Å². The normalized spacial score (nSPS) is 12.4. The van der Waals surface area contributed by atoms with Gasteiger partial charge in [0.05, 0.1) is 12.6 Å². The monoisotopic (exact) mass is 375 g/mol. The largest absolute Gasteiger partial charge is 0.391 e. The Bertz CT molecular complexity index is 957. The maximum absolute atomic E-state index is 11.8. The molecule has 3 aromatic rings. The fourth-order valence-electron chi connectivity index (χ4n) is 2.57. The molecule has 0 unspecified atom stereocenters. The molecule has 26 heavy (non-hydrogen) atoms. The summed E-state index contributed by atoms with van der Waals surface area (Å²) in [5.74, 6) is 1.40. The van der Waals surface area contributed by atoms with Gasteiger partial charge in [-0.05, 0) is 17.9 Å². The molecule has 0 fully saturated rings. The Morgan fingerprint density at radius 1 is 1.35 bits per heavy atom. The molecule has 0 bridgehead atoms. The Balaban J connectivity index is 1.79. The molecule has 8 nitrogen and oxygen atoms in total. The smallest absolute Gasteiger partial charge is 0.328 e. The lowest BCUT2D eigenvalue weighted by molar-refractivity contribution is 0.143. The van der Waals surface area contributed by atoms with Crippen LogP contribution in [0.15, 0.2) is 39.4 Å². The fraction of sp³-hybridized carbons (Fsp3) is 0.412. The summed E-state index contributed by atoms with van der Waals surface area (Å²) in [6, 6.07) is 5.34. The van der Waals surface area contributed by atoms with E-state index < -0.39 is 17.4 Å². The second kappa shape index (κ2) is 8.24. The minimum atomic E-state index is -0.499. The number of hydrogen-bond acceptors (Lipinski definition) is 6. The van der Waals surface area contributed by atoms with Gasteiger partial charge in [0, 0.05) is 36.5 Å². The molecule has 0 spiro atoms. The van der Waals surface area contributed by atoms with E-state index in [0.717, 1.165) is 0 Å². The van der Waals surface area contributed by atoms with Gasteiger partial charge < -0.3 is 9.67 Å². The molecule has 0 aromatic carbocycles. The molecular weight excluding hydrogens is 354 g/mol. The van der Waals surface area contributed by atoms with Crippen molar-refractivity contribution in [1.82, 2.24) is 24.3 Å². The Kier molecular flexibility index (Phi) is 5.79. The third kappa shape index (κ3) is 4.55. The summed E-state index contributed by atoms with van der Waals surface area (Å²) in [6.45, 7) is 2.65. The zero-order chi connectivity index (χ0) is 18.5. The molecule has 0 aliphatic rings. The molecule has 0 saturated carbocycles. The van der Waals surface area contributed by atoms with Crippen molar-refractivity contribution >= 4 is 11.3 Å². The van der Waals surface area contributed by atoms with Crippen LogP contribution in [0.5, 0.6) is 0 Å². The quantitative estimate of drug-likeness (QED) is 0.606. The summed E-state index contributed by atoms with van der Waals surface area (Å²) in [5.41, 5.74) is -0.866. The third-order valence-electron chi connectivity index (χ3n) is 4.03. The zero-order valence-corrected chi connectivity index (χ0v) is 15.3. The van der Waals surface area contributed by atoms with Crippen LogP contribution in [0, 0.1) is 0 Å². The fourth-order valence-corrected chi connectivity index (χ4v) is 3.27. The van der Waals surface area contributed by atoms with E-state index in [0.29, 0.717) is 44.0 Å². The van der Waals surface area contributed by atoms with Crippen molar-refractivity contribution in [1.29, 1.82) is 0 Å². The van der Waals surface area contributed by atoms with Gasteiger partial charge >= 0.3 is 5.69 Å². The molecule has 0 radical (unpaired) electrons. The molecule has 0 amide bonds. The predicted molar refractivity (Wildman–Crippen MR) is 98.5 cm³/mol. The molecular formula is C17H21N5O3S. The van der Waals surface area contributed by atoms with Crippen LogP contribution < -0.4 is 11.2 Å². The number of H-pyrrole nitrogens is 1. The average Bonchev–Trinajstić information content (AvgIpc) is 3.24. The van der Waals surface area contributed by atoms with Gasteiger partial charge in [0.1, 0.15) is 5.82 Å². The van der Waals surface area contributed by atoms with Crippen molar-refractivity contribution in [3.8, 4) is 0 Å². The standard InChI is InChI=1S/C17H21N5O3S/c1-2-12(23)11-22-15(5-7-21-8-6-16(24)19-17(21)25)18-14(20-22)10-13-4-3-9-26-13/h3-4,6,8-9,12,23H,2,5,7,10-11H2,1H3,(H,19,24,25)/t12-/m1/s1. The number of aliphatic hydroxyl groups excluding tert-OH is 1. The van der Waals surface area contributed by atoms with Crippen molar-refractivity contribution in [2.75, 3.05) is 0 Å². The van der Waals surface area contributed by atoms with E-state index in [-0.39, 0.29) is 0 Å². The Labute approximate surface area is 153 Å². The van der Waals surface area contributed by atoms with Gasteiger partial charge in [0.25, 0.3) is 5.56 Å². The van der Waals surface area contributed by atoms with Crippen LogP contribution in [0.25, 0.3) is 0 Å². The molecule has 0 aliphatic heterocycles. The van der Waals surface area contributed by atoms with E-state index in [1.165, 1.54) is 21.7 Å². The first-order chi connectivity index (χ1) is 12.5. The van der Waals surface area contributed by atoms with E-state index in [1.807, 2.05) is 24.4 Å². The molecule has 9 heteroatoms. The van der Waals surface area contributed by atoms with Gasteiger partial charge in [-0.15, -0.1) is 11.3 Å². The van der Waals surface area contributed by atoms with Gasteiger partial charge in [0.15, 0.2) is 5.82 Å². The maximum atomic E-state index is 11.8. The average molecular weight is 375 g/mol. The van der Waals surface area contributed by atoms with Crippen molar-refractivity contribution < 1.29 is 5.11 Å². The van der Waals surface area contributed by atoms with Crippen LogP contribution in [0.3, 0.4) is 0 Å². The number of nitrogens with zero attached hydrogens (tertiary/aromatic N) is 4. The van der Waals surface area contributed by atoms with Crippen LogP contribution in [0.2, 0.25) is 0 Å². The van der Waals surface area contributed by atoms with Crippen LogP contribution >= 0.6 is 11.3 Å². The highest BCUT2D eigenvalue weighted by atomic mass is 32.1. The number of hydrogen-bond donors (Lipinski definition) is 2. The van der Waals surface area contributed by atoms with Gasteiger partial charge in [0.2, 0.25) is 0 Å². The van der Waals surface area contributed by atoms with Crippen molar-refractivity contribution in [3.05, 3.63) is 67.1 Å². The number of aryl methyl sites for hydroxylation is 2. The first kappa shape index (κ1) is 18.3. The Morgan fingerprint density at radius 3 is 2.88 bits per heavy atom. The SMILES string of the molecule is CC[C@@H](O)Cn1nc(Cc2cccs2)nc1CCn1ccc(=O)[nH]c1=O. The van der Waals surface area contributed by atoms with E-state index in [1.54, 1.807) is 16.0 Å². The first-order valence-corrected chi connectivity index (χ1v) is 9.36. The first-order valence-electron chi connectivity index (χ1n) is 8.48. The van der Waals surface area contributed by atoms with Crippen molar-refractivity contribution in [3.63, 3.8) is 0 Å².